The van der Waals surface area contributed by atoms with Crippen LogP contribution in [0.4, 0.5) is 4.79 Å². The van der Waals surface area contributed by atoms with E-state index in [4.69, 9.17) is 14.5 Å². The smallest absolute Gasteiger partial charge is 0.466 e. The van der Waals surface area contributed by atoms with Crippen LogP contribution < -0.4 is 0 Å². The van der Waals surface area contributed by atoms with Crippen LogP contribution in [0, 0.1) is 5.41 Å². The van der Waals surface area contributed by atoms with E-state index in [1.54, 1.807) is 20.8 Å². The van der Waals surface area contributed by atoms with Crippen molar-refractivity contribution in [3.63, 3.8) is 0 Å². The Balaban J connectivity index is -0.0000000586. The molecule has 218 valence electrons. The van der Waals surface area contributed by atoms with Crippen molar-refractivity contribution in [3.05, 3.63) is 0 Å². The highest BCUT2D eigenvalue weighted by molar-refractivity contribution is 5.75. The monoisotopic (exact) mass is 516 g/mol. The summed E-state index contributed by atoms with van der Waals surface area (Å²) in [5, 5.41) is 0. The van der Waals surface area contributed by atoms with Crippen LogP contribution in [0.25, 0.3) is 0 Å². The second-order valence-corrected chi connectivity index (χ2v) is 7.01. The first-order chi connectivity index (χ1) is 15.0. The van der Waals surface area contributed by atoms with Crippen LogP contribution in [0.3, 0.4) is 0 Å². The van der Waals surface area contributed by atoms with Gasteiger partial charge >= 0.3 is 18.1 Å². The van der Waals surface area contributed by atoms with Crippen LogP contribution in [0.5, 0.6) is 0 Å². The first kappa shape index (κ1) is 50.1. The lowest BCUT2D eigenvalue weighted by Crippen LogP contribution is -2.22. The summed E-state index contributed by atoms with van der Waals surface area (Å²) in [6.45, 7) is 21.3. The van der Waals surface area contributed by atoms with Crippen LogP contribution in [-0.2, 0) is 38.3 Å². The molecule has 0 fully saturated rings. The van der Waals surface area contributed by atoms with Gasteiger partial charge in [-0.1, -0.05) is 42.5 Å². The quantitative estimate of drug-likeness (QED) is 0.0964. The zero-order chi connectivity index (χ0) is 25.8. The van der Waals surface area contributed by atoms with Gasteiger partial charge < -0.3 is 18.9 Å². The topological polar surface area (TPSA) is 107 Å². The molecule has 0 rings (SSSR count). The van der Waals surface area contributed by atoms with Crippen molar-refractivity contribution in [3.8, 4) is 0 Å². The van der Waals surface area contributed by atoms with Crippen LogP contribution in [0.1, 0.15) is 111 Å². The Hall–Kier alpha value is -1.87. The molecule has 0 N–H and O–H groups in total. The maximum Gasteiger partial charge on any atom is 0.508 e. The van der Waals surface area contributed by atoms with Gasteiger partial charge in [0.2, 0.25) is 0 Å². The number of carbonyl (C=O) groups is 3. The van der Waals surface area contributed by atoms with Gasteiger partial charge in [-0.05, 0) is 61.3 Å². The van der Waals surface area contributed by atoms with Crippen molar-refractivity contribution in [2.24, 2.45) is 5.41 Å². The van der Waals surface area contributed by atoms with E-state index in [9.17, 15) is 14.4 Å². The standard InChI is InChI=1S/C7H14O2.C7H16O2.C5H10O3.C4H8O2.3CH4/c1-5-9-6(8)7(2,3)4;1-3-5-7-9-8-6-4-2;1-3-7-5(6)8-4-2;1-3-6-4(2)5;;;/h5H2,1-4H3;3-7H2,1-2H3;3-4H2,1-2H3;3H2,1-2H3;3*1H4. The summed E-state index contributed by atoms with van der Waals surface area (Å²) in [4.78, 5) is 40.5. The Kier molecular flexibility index (Phi) is 56.3. The van der Waals surface area contributed by atoms with Crippen LogP contribution in [-0.4, -0.2) is 57.7 Å². The number of rotatable bonds is 10. The first-order valence-electron chi connectivity index (χ1n) is 11.3. The van der Waals surface area contributed by atoms with Gasteiger partial charge in [0.15, 0.2) is 0 Å². The van der Waals surface area contributed by atoms with E-state index in [0.717, 1.165) is 25.9 Å². The minimum atomic E-state index is -0.588. The Morgan fingerprint density at radius 1 is 0.600 bits per heavy atom. The third-order valence-electron chi connectivity index (χ3n) is 2.71. The fourth-order valence-corrected chi connectivity index (χ4v) is 1.23. The lowest BCUT2D eigenvalue weighted by atomic mass is 9.97. The fraction of sp³-hybridized carbons (Fsp3) is 0.885. The molecule has 0 aliphatic heterocycles. The second kappa shape index (κ2) is 39.3. The summed E-state index contributed by atoms with van der Waals surface area (Å²) < 4.78 is 18.0. The molecular weight excluding hydrogens is 456 g/mol. The fourth-order valence-electron chi connectivity index (χ4n) is 1.23. The van der Waals surface area contributed by atoms with Gasteiger partial charge in [-0.15, -0.1) is 0 Å². The molecule has 0 radical (unpaired) electrons. The molecule has 0 saturated heterocycles. The number of ether oxygens (including phenoxy) is 4. The molecular formula is C26H60O9. The molecule has 0 aliphatic rings. The third kappa shape index (κ3) is 59.6. The van der Waals surface area contributed by atoms with E-state index < -0.39 is 6.16 Å². The molecule has 0 amide bonds. The van der Waals surface area contributed by atoms with E-state index in [1.807, 2.05) is 27.7 Å². The summed E-state index contributed by atoms with van der Waals surface area (Å²) in [6, 6.07) is 0. The predicted molar refractivity (Wildman–Crippen MR) is 144 cm³/mol. The van der Waals surface area contributed by atoms with Crippen LogP contribution >= 0.6 is 0 Å². The van der Waals surface area contributed by atoms with Gasteiger partial charge in [-0.3, -0.25) is 9.59 Å². The number of unbranched alkanes of at least 4 members (excludes halogenated alkanes) is 1. The molecule has 0 atom stereocenters. The van der Waals surface area contributed by atoms with Gasteiger partial charge in [0.25, 0.3) is 0 Å². The second-order valence-electron chi connectivity index (χ2n) is 7.01. The van der Waals surface area contributed by atoms with Crippen molar-refractivity contribution in [1.29, 1.82) is 0 Å². The number of carbonyl (C=O) groups excluding carboxylic acids is 3. The lowest BCUT2D eigenvalue weighted by molar-refractivity contribution is -0.294. The summed E-state index contributed by atoms with van der Waals surface area (Å²) in [5.74, 6) is -0.345. The van der Waals surface area contributed by atoms with Gasteiger partial charge in [0.1, 0.15) is 0 Å². The lowest BCUT2D eigenvalue weighted by Gasteiger charge is -2.14. The Labute approximate surface area is 217 Å². The number of hydrogen-bond donors (Lipinski definition) is 0. The summed E-state index contributed by atoms with van der Waals surface area (Å²) in [5.41, 5.74) is -0.351. The van der Waals surface area contributed by atoms with Crippen molar-refractivity contribution >= 4 is 18.1 Å². The Morgan fingerprint density at radius 2 is 1.00 bits per heavy atom. The van der Waals surface area contributed by atoms with Crippen molar-refractivity contribution < 1.29 is 43.1 Å². The molecule has 0 heterocycles. The SMILES string of the molecule is C.C.C.CCCCOOCCC.CCOC(=O)C(C)(C)C.CCOC(=O)OCC.CCOC(C)=O. The van der Waals surface area contributed by atoms with Crippen molar-refractivity contribution in [1.82, 2.24) is 0 Å². The van der Waals surface area contributed by atoms with Gasteiger partial charge in [-0.2, -0.15) is 0 Å². The molecule has 0 aromatic heterocycles. The molecule has 0 bridgehead atoms. The molecule has 0 aliphatic carbocycles. The van der Waals surface area contributed by atoms with E-state index in [1.165, 1.54) is 6.92 Å². The van der Waals surface area contributed by atoms with Crippen LogP contribution in [0.2, 0.25) is 0 Å². The molecule has 35 heavy (non-hydrogen) atoms. The van der Waals surface area contributed by atoms with E-state index in [-0.39, 0.29) is 39.6 Å². The average molecular weight is 517 g/mol. The minimum Gasteiger partial charge on any atom is -0.466 e. The summed E-state index contributed by atoms with van der Waals surface area (Å²) >= 11 is 0. The predicted octanol–water partition coefficient (Wildman–Crippen LogP) is 7.40. The third-order valence-corrected chi connectivity index (χ3v) is 2.71. The summed E-state index contributed by atoms with van der Waals surface area (Å²) in [7, 11) is 0. The van der Waals surface area contributed by atoms with Crippen LogP contribution in [0.15, 0.2) is 0 Å². The molecule has 9 heteroatoms. The zero-order valence-electron chi connectivity index (χ0n) is 22.0. The number of hydrogen-bond acceptors (Lipinski definition) is 9. The molecule has 0 spiro atoms. The van der Waals surface area contributed by atoms with E-state index in [2.05, 4.69) is 28.1 Å². The van der Waals surface area contributed by atoms with Gasteiger partial charge in [0.05, 0.1) is 45.1 Å². The van der Waals surface area contributed by atoms with Crippen molar-refractivity contribution in [2.75, 3.05) is 39.6 Å². The highest BCUT2D eigenvalue weighted by Crippen LogP contribution is 2.14. The average Bonchev–Trinajstić information content (AvgIpc) is 2.69. The normalized spacial score (nSPS) is 8.63. The molecule has 9 nitrogen and oxygen atoms in total. The maximum atomic E-state index is 10.8. The molecule has 0 unspecified atom stereocenters. The highest BCUT2D eigenvalue weighted by atomic mass is 17.2. The van der Waals surface area contributed by atoms with E-state index >= 15 is 0 Å². The van der Waals surface area contributed by atoms with Gasteiger partial charge in [-0.25, -0.2) is 14.6 Å². The summed E-state index contributed by atoms with van der Waals surface area (Å²) in [6.07, 6.45) is 2.68. The van der Waals surface area contributed by atoms with Crippen molar-refractivity contribution in [2.45, 2.75) is 111 Å². The van der Waals surface area contributed by atoms with E-state index in [0.29, 0.717) is 33.0 Å². The first-order valence-corrected chi connectivity index (χ1v) is 11.3. The largest absolute Gasteiger partial charge is 0.508 e. The number of esters is 2. The Morgan fingerprint density at radius 3 is 1.23 bits per heavy atom. The zero-order valence-corrected chi connectivity index (χ0v) is 22.0. The molecule has 0 aromatic carbocycles. The Bertz CT molecular complexity index is 406. The molecule has 0 aromatic rings. The van der Waals surface area contributed by atoms with Gasteiger partial charge in [0, 0.05) is 6.92 Å². The molecule has 0 saturated carbocycles. The highest BCUT2D eigenvalue weighted by Gasteiger charge is 2.21. The minimum absolute atomic E-state index is 0. The maximum absolute atomic E-state index is 10.8.